The third-order valence-electron chi connectivity index (χ3n) is 2.49. The molecule has 0 spiro atoms. The van der Waals surface area contributed by atoms with Gasteiger partial charge in [0.25, 0.3) is 5.69 Å². The molecule has 21 heavy (non-hydrogen) atoms. The number of para-hydroxylation sites is 1. The third kappa shape index (κ3) is 5.03. The van der Waals surface area contributed by atoms with E-state index in [-0.39, 0.29) is 17.8 Å². The van der Waals surface area contributed by atoms with Crippen molar-refractivity contribution in [3.05, 3.63) is 46.0 Å². The molecule has 8 nitrogen and oxygen atoms in total. The summed E-state index contributed by atoms with van der Waals surface area (Å²) in [5.74, 6) is -1.46. The zero-order chi connectivity index (χ0) is 15.8. The number of aliphatic hydroxyl groups excluding tert-OH is 1. The van der Waals surface area contributed by atoms with Gasteiger partial charge in [-0.1, -0.05) is 12.1 Å². The SMILES string of the molecule is COC(=O)C(O)CNC(=O)/C=C/c1ccccc1[N+](=O)[O-]. The Morgan fingerprint density at radius 3 is 2.76 bits per heavy atom. The number of methoxy groups -OCH3 is 1. The predicted molar refractivity (Wildman–Crippen MR) is 73.2 cm³/mol. The van der Waals surface area contributed by atoms with Gasteiger partial charge in [0.2, 0.25) is 5.91 Å². The highest BCUT2D eigenvalue weighted by molar-refractivity contribution is 5.92. The van der Waals surface area contributed by atoms with Gasteiger partial charge in [-0.25, -0.2) is 4.79 Å². The predicted octanol–water partition coefficient (Wildman–Crippen LogP) is 0.258. The summed E-state index contributed by atoms with van der Waals surface area (Å²) >= 11 is 0. The number of carbonyl (C=O) groups excluding carboxylic acids is 2. The number of nitro groups is 1. The van der Waals surface area contributed by atoms with E-state index in [4.69, 9.17) is 0 Å². The van der Waals surface area contributed by atoms with Crippen molar-refractivity contribution in [2.75, 3.05) is 13.7 Å². The summed E-state index contributed by atoms with van der Waals surface area (Å²) in [4.78, 5) is 32.6. The number of amides is 1. The number of rotatable bonds is 6. The van der Waals surface area contributed by atoms with Gasteiger partial charge in [0.15, 0.2) is 6.10 Å². The molecule has 0 saturated carbocycles. The first-order valence-electron chi connectivity index (χ1n) is 5.91. The molecule has 8 heteroatoms. The molecule has 1 aromatic rings. The molecule has 1 rings (SSSR count). The summed E-state index contributed by atoms with van der Waals surface area (Å²) in [6.45, 7) is -0.313. The molecule has 0 fully saturated rings. The highest BCUT2D eigenvalue weighted by Crippen LogP contribution is 2.18. The van der Waals surface area contributed by atoms with Gasteiger partial charge < -0.3 is 15.2 Å². The van der Waals surface area contributed by atoms with Gasteiger partial charge in [0.05, 0.1) is 24.1 Å². The molecule has 0 aliphatic heterocycles. The van der Waals surface area contributed by atoms with Crippen molar-refractivity contribution in [2.24, 2.45) is 0 Å². The summed E-state index contributed by atoms with van der Waals surface area (Å²) in [6.07, 6.45) is 0.892. The van der Waals surface area contributed by atoms with Crippen LogP contribution in [-0.2, 0) is 14.3 Å². The van der Waals surface area contributed by atoms with Crippen LogP contribution in [0.15, 0.2) is 30.3 Å². The fraction of sp³-hybridized carbons (Fsp3) is 0.231. The zero-order valence-corrected chi connectivity index (χ0v) is 11.2. The normalized spacial score (nSPS) is 11.9. The maximum atomic E-state index is 11.5. The maximum Gasteiger partial charge on any atom is 0.336 e. The Kier molecular flexibility index (Phi) is 6.02. The summed E-state index contributed by atoms with van der Waals surface area (Å²) < 4.78 is 4.28. The largest absolute Gasteiger partial charge is 0.467 e. The first kappa shape index (κ1) is 16.3. The van der Waals surface area contributed by atoms with Crippen molar-refractivity contribution in [3.63, 3.8) is 0 Å². The Labute approximate surface area is 120 Å². The Morgan fingerprint density at radius 1 is 1.48 bits per heavy atom. The van der Waals surface area contributed by atoms with Crippen LogP contribution in [-0.4, -0.2) is 41.7 Å². The van der Waals surface area contributed by atoms with Gasteiger partial charge in [0.1, 0.15) is 0 Å². The summed E-state index contributed by atoms with van der Waals surface area (Å²) in [6, 6.07) is 5.93. The van der Waals surface area contributed by atoms with E-state index in [0.717, 1.165) is 13.2 Å². The number of carbonyl (C=O) groups is 2. The lowest BCUT2D eigenvalue weighted by Gasteiger charge is -2.07. The minimum absolute atomic E-state index is 0.129. The number of esters is 1. The number of nitrogens with zero attached hydrogens (tertiary/aromatic N) is 1. The average molecular weight is 294 g/mol. The molecule has 0 heterocycles. The van der Waals surface area contributed by atoms with Crippen molar-refractivity contribution in [3.8, 4) is 0 Å². The molecule has 0 aliphatic carbocycles. The van der Waals surface area contributed by atoms with E-state index in [1.807, 2.05) is 0 Å². The number of hydrogen-bond donors (Lipinski definition) is 2. The van der Waals surface area contributed by atoms with E-state index in [0.29, 0.717) is 0 Å². The Hall–Kier alpha value is -2.74. The second-order valence-corrected chi connectivity index (χ2v) is 3.93. The second kappa shape index (κ2) is 7.75. The van der Waals surface area contributed by atoms with Crippen LogP contribution in [0.25, 0.3) is 6.08 Å². The van der Waals surface area contributed by atoms with Crippen molar-refractivity contribution >= 4 is 23.6 Å². The Morgan fingerprint density at radius 2 is 2.14 bits per heavy atom. The molecule has 0 saturated heterocycles. The van der Waals surface area contributed by atoms with Crippen LogP contribution < -0.4 is 5.32 Å². The lowest BCUT2D eigenvalue weighted by atomic mass is 10.1. The molecule has 0 aliphatic rings. The molecule has 1 aromatic carbocycles. The van der Waals surface area contributed by atoms with Crippen molar-refractivity contribution in [1.29, 1.82) is 0 Å². The second-order valence-electron chi connectivity index (χ2n) is 3.93. The minimum atomic E-state index is -1.46. The van der Waals surface area contributed by atoms with Crippen LogP contribution in [0, 0.1) is 10.1 Å². The first-order valence-corrected chi connectivity index (χ1v) is 5.91. The summed E-state index contributed by atoms with van der Waals surface area (Å²) in [5, 5.41) is 22.3. The van der Waals surface area contributed by atoms with Gasteiger partial charge in [0, 0.05) is 12.1 Å². The van der Waals surface area contributed by atoms with Crippen molar-refractivity contribution in [1.82, 2.24) is 5.32 Å². The number of nitrogens with one attached hydrogen (secondary N) is 1. The standard InChI is InChI=1S/C13H14N2O6/c1-21-13(18)11(16)8-14-12(17)7-6-9-4-2-3-5-10(9)15(19)20/h2-7,11,16H,8H2,1H3,(H,14,17)/b7-6+. The van der Waals surface area contributed by atoms with E-state index >= 15 is 0 Å². The van der Waals surface area contributed by atoms with Crippen LogP contribution >= 0.6 is 0 Å². The number of nitro benzene ring substituents is 1. The molecule has 1 amide bonds. The summed E-state index contributed by atoms with van der Waals surface area (Å²) in [7, 11) is 1.11. The molecule has 0 bridgehead atoms. The van der Waals surface area contributed by atoms with Gasteiger partial charge in [-0.05, 0) is 12.1 Å². The van der Waals surface area contributed by atoms with Crippen LogP contribution in [0.1, 0.15) is 5.56 Å². The third-order valence-corrected chi connectivity index (χ3v) is 2.49. The quantitative estimate of drug-likeness (QED) is 0.336. The highest BCUT2D eigenvalue weighted by Gasteiger charge is 2.15. The lowest BCUT2D eigenvalue weighted by molar-refractivity contribution is -0.385. The number of benzene rings is 1. The average Bonchev–Trinajstić information content (AvgIpc) is 2.49. The number of ether oxygens (including phenoxy) is 1. The molecule has 1 unspecified atom stereocenters. The van der Waals surface area contributed by atoms with Crippen LogP contribution in [0.3, 0.4) is 0 Å². The fourth-order valence-electron chi connectivity index (χ4n) is 1.44. The van der Waals surface area contributed by atoms with Crippen LogP contribution in [0.5, 0.6) is 0 Å². The topological polar surface area (TPSA) is 119 Å². The smallest absolute Gasteiger partial charge is 0.336 e. The van der Waals surface area contributed by atoms with Gasteiger partial charge in [-0.2, -0.15) is 0 Å². The summed E-state index contributed by atoms with van der Waals surface area (Å²) in [5.41, 5.74) is 0.141. The van der Waals surface area contributed by atoms with E-state index in [1.165, 1.54) is 24.3 Å². The maximum absolute atomic E-state index is 11.5. The Bertz CT molecular complexity index is 570. The van der Waals surface area contributed by atoms with E-state index < -0.39 is 22.9 Å². The van der Waals surface area contributed by atoms with Crippen LogP contribution in [0.2, 0.25) is 0 Å². The van der Waals surface area contributed by atoms with Gasteiger partial charge in [-0.3, -0.25) is 14.9 Å². The molecule has 0 aromatic heterocycles. The highest BCUT2D eigenvalue weighted by atomic mass is 16.6. The zero-order valence-electron chi connectivity index (χ0n) is 11.2. The van der Waals surface area contributed by atoms with Gasteiger partial charge in [-0.15, -0.1) is 0 Å². The number of hydrogen-bond acceptors (Lipinski definition) is 6. The van der Waals surface area contributed by atoms with E-state index in [9.17, 15) is 24.8 Å². The fourth-order valence-corrected chi connectivity index (χ4v) is 1.44. The monoisotopic (exact) mass is 294 g/mol. The van der Waals surface area contributed by atoms with E-state index in [2.05, 4.69) is 10.1 Å². The Balaban J connectivity index is 2.63. The first-order chi connectivity index (χ1) is 9.95. The molecule has 0 radical (unpaired) electrons. The lowest BCUT2D eigenvalue weighted by Crippen LogP contribution is -2.36. The van der Waals surface area contributed by atoms with Crippen molar-refractivity contribution < 1.29 is 24.4 Å². The molecular weight excluding hydrogens is 280 g/mol. The molecule has 1 atom stereocenters. The molecule has 112 valence electrons. The van der Waals surface area contributed by atoms with Crippen LogP contribution in [0.4, 0.5) is 5.69 Å². The van der Waals surface area contributed by atoms with E-state index in [1.54, 1.807) is 6.07 Å². The van der Waals surface area contributed by atoms with Gasteiger partial charge >= 0.3 is 5.97 Å². The minimum Gasteiger partial charge on any atom is -0.467 e. The molecular formula is C13H14N2O6. The molecule has 2 N–H and O–H groups in total. The van der Waals surface area contributed by atoms with Crippen molar-refractivity contribution in [2.45, 2.75) is 6.10 Å². The number of aliphatic hydroxyl groups is 1.